The van der Waals surface area contributed by atoms with Crippen molar-refractivity contribution in [2.75, 3.05) is 20.3 Å². The maximum absolute atomic E-state index is 13.6. The first kappa shape index (κ1) is 28.1. The Kier molecular flexibility index (Phi) is 9.60. The zero-order chi connectivity index (χ0) is 27.0. The number of furan rings is 1. The Morgan fingerprint density at radius 3 is 2.35 bits per heavy atom. The van der Waals surface area contributed by atoms with Crippen molar-refractivity contribution in [2.45, 2.75) is 44.1 Å². The third-order valence-electron chi connectivity index (χ3n) is 5.70. The molecule has 200 valence electrons. The number of benzene rings is 2. The number of fused-ring (bicyclic) bond motifs is 1. The van der Waals surface area contributed by atoms with Crippen LogP contribution in [0.4, 0.5) is 13.2 Å². The van der Waals surface area contributed by atoms with Crippen molar-refractivity contribution in [3.63, 3.8) is 0 Å². The third-order valence-corrected chi connectivity index (χ3v) is 5.70. The number of carbonyl (C=O) groups excluding carboxylic acids is 1. The van der Waals surface area contributed by atoms with E-state index in [0.717, 1.165) is 12.1 Å². The molecule has 0 aliphatic carbocycles. The van der Waals surface area contributed by atoms with Crippen LogP contribution >= 0.6 is 0 Å². The molecule has 7 nitrogen and oxygen atoms in total. The molecule has 37 heavy (non-hydrogen) atoms. The topological polar surface area (TPSA) is 98.4 Å². The number of ether oxygens (including phenoxy) is 3. The van der Waals surface area contributed by atoms with Gasteiger partial charge in [0.15, 0.2) is 0 Å². The van der Waals surface area contributed by atoms with Gasteiger partial charge in [-0.2, -0.15) is 13.2 Å². The number of halogens is 3. The summed E-state index contributed by atoms with van der Waals surface area (Å²) in [7, 11) is 1.30. The molecule has 1 heterocycles. The summed E-state index contributed by atoms with van der Waals surface area (Å²) in [6, 6.07) is 10.2. The standard InChI is InChI=1S/C27H29F3O7/c1-3-26(33)36-13-5-7-23(32)22(31)6-4-12-35-19-9-8-17-14-25(37-24(17)16-19)20-11-10-18(34-2)15-21(20)27(28,29)30/h3,8-11,14-16,22-23,31-32H,1,4-7,12-13H2,2H3. The number of aliphatic hydroxyl groups excluding tert-OH is 2. The van der Waals surface area contributed by atoms with Crippen LogP contribution in [0.25, 0.3) is 22.3 Å². The average Bonchev–Trinajstić information content (AvgIpc) is 3.31. The van der Waals surface area contributed by atoms with Gasteiger partial charge in [0.05, 0.1) is 38.1 Å². The van der Waals surface area contributed by atoms with Gasteiger partial charge in [-0.15, -0.1) is 0 Å². The predicted molar refractivity (Wildman–Crippen MR) is 130 cm³/mol. The smallest absolute Gasteiger partial charge is 0.417 e. The molecule has 0 saturated carbocycles. The second kappa shape index (κ2) is 12.6. The second-order valence-corrected chi connectivity index (χ2v) is 8.36. The fraction of sp³-hybridized carbons (Fsp3) is 0.370. The minimum absolute atomic E-state index is 0.0681. The minimum atomic E-state index is -4.59. The van der Waals surface area contributed by atoms with Gasteiger partial charge in [0.1, 0.15) is 22.8 Å². The van der Waals surface area contributed by atoms with Crippen LogP contribution in [0.1, 0.15) is 31.2 Å². The van der Waals surface area contributed by atoms with E-state index in [-0.39, 0.29) is 36.7 Å². The van der Waals surface area contributed by atoms with E-state index in [0.29, 0.717) is 36.0 Å². The lowest BCUT2D eigenvalue weighted by molar-refractivity contribution is -0.138. The van der Waals surface area contributed by atoms with Gasteiger partial charge < -0.3 is 28.8 Å². The van der Waals surface area contributed by atoms with Gasteiger partial charge in [-0.3, -0.25) is 0 Å². The van der Waals surface area contributed by atoms with Crippen LogP contribution < -0.4 is 9.47 Å². The lowest BCUT2D eigenvalue weighted by Crippen LogP contribution is -2.26. The van der Waals surface area contributed by atoms with Crippen molar-refractivity contribution >= 4 is 16.9 Å². The molecule has 0 aliphatic heterocycles. The maximum atomic E-state index is 13.6. The molecule has 2 aromatic carbocycles. The van der Waals surface area contributed by atoms with Crippen LogP contribution in [0.15, 0.2) is 59.5 Å². The van der Waals surface area contributed by atoms with E-state index in [1.165, 1.54) is 25.3 Å². The molecule has 0 fully saturated rings. The van der Waals surface area contributed by atoms with Gasteiger partial charge in [0.25, 0.3) is 0 Å². The highest BCUT2D eigenvalue weighted by Crippen LogP contribution is 2.41. The van der Waals surface area contributed by atoms with Gasteiger partial charge in [-0.1, -0.05) is 6.58 Å². The zero-order valence-corrected chi connectivity index (χ0v) is 20.3. The van der Waals surface area contributed by atoms with Crippen molar-refractivity contribution < 1.29 is 46.8 Å². The molecule has 0 radical (unpaired) electrons. The Bertz CT molecular complexity index is 1200. The van der Waals surface area contributed by atoms with Crippen LogP contribution in [0.5, 0.6) is 11.5 Å². The molecule has 2 atom stereocenters. The molecule has 0 spiro atoms. The summed E-state index contributed by atoms with van der Waals surface area (Å²) in [5, 5.41) is 20.7. The largest absolute Gasteiger partial charge is 0.497 e. The lowest BCUT2D eigenvalue weighted by atomic mass is 10.0. The fourth-order valence-corrected chi connectivity index (χ4v) is 3.73. The number of aliphatic hydroxyl groups is 2. The summed E-state index contributed by atoms with van der Waals surface area (Å²) in [5.41, 5.74) is -0.594. The number of rotatable bonds is 13. The molecule has 10 heteroatoms. The zero-order valence-electron chi connectivity index (χ0n) is 20.3. The van der Waals surface area contributed by atoms with Gasteiger partial charge >= 0.3 is 12.1 Å². The van der Waals surface area contributed by atoms with Crippen LogP contribution in [0.2, 0.25) is 0 Å². The lowest BCUT2D eigenvalue weighted by Gasteiger charge is -2.17. The monoisotopic (exact) mass is 522 g/mol. The molecule has 0 bridgehead atoms. The highest BCUT2D eigenvalue weighted by atomic mass is 19.4. The Labute approximate surface area is 212 Å². The van der Waals surface area contributed by atoms with E-state index in [9.17, 15) is 28.2 Å². The maximum Gasteiger partial charge on any atom is 0.417 e. The minimum Gasteiger partial charge on any atom is -0.497 e. The van der Waals surface area contributed by atoms with Crippen molar-refractivity contribution in [3.05, 3.63) is 60.7 Å². The number of esters is 1. The third kappa shape index (κ3) is 7.74. The van der Waals surface area contributed by atoms with Gasteiger partial charge in [-0.05, 0) is 62.1 Å². The highest BCUT2D eigenvalue weighted by molar-refractivity contribution is 5.84. The Morgan fingerprint density at radius 1 is 1.03 bits per heavy atom. The Hall–Kier alpha value is -3.50. The van der Waals surface area contributed by atoms with Crippen molar-refractivity contribution in [1.82, 2.24) is 0 Å². The first-order valence-corrected chi connectivity index (χ1v) is 11.7. The summed E-state index contributed by atoms with van der Waals surface area (Å²) >= 11 is 0. The molecule has 2 unspecified atom stereocenters. The number of hydrogen-bond acceptors (Lipinski definition) is 7. The van der Waals surface area contributed by atoms with E-state index in [1.54, 1.807) is 18.2 Å². The van der Waals surface area contributed by atoms with E-state index in [4.69, 9.17) is 18.6 Å². The fourth-order valence-electron chi connectivity index (χ4n) is 3.73. The van der Waals surface area contributed by atoms with Crippen LogP contribution in [0, 0.1) is 0 Å². The molecular weight excluding hydrogens is 493 g/mol. The van der Waals surface area contributed by atoms with E-state index in [2.05, 4.69) is 6.58 Å². The van der Waals surface area contributed by atoms with Crippen LogP contribution in [0.3, 0.4) is 0 Å². The summed E-state index contributed by atoms with van der Waals surface area (Å²) in [6.07, 6.45) is -4.04. The number of methoxy groups -OCH3 is 1. The van der Waals surface area contributed by atoms with Crippen molar-refractivity contribution in [2.24, 2.45) is 0 Å². The first-order chi connectivity index (χ1) is 17.6. The molecule has 0 amide bonds. The van der Waals surface area contributed by atoms with Crippen LogP contribution in [-0.2, 0) is 15.7 Å². The van der Waals surface area contributed by atoms with Gasteiger partial charge in [0, 0.05) is 23.1 Å². The molecular formula is C27H29F3O7. The molecule has 3 rings (SSSR count). The van der Waals surface area contributed by atoms with E-state index >= 15 is 0 Å². The number of hydrogen-bond donors (Lipinski definition) is 2. The van der Waals surface area contributed by atoms with E-state index in [1.807, 2.05) is 0 Å². The SMILES string of the molecule is C=CC(=O)OCCCC(O)C(O)CCCOc1ccc2cc(-c3ccc(OC)cc3C(F)(F)F)oc2c1. The molecule has 0 saturated heterocycles. The number of carbonyl (C=O) groups is 1. The number of alkyl halides is 3. The van der Waals surface area contributed by atoms with Crippen molar-refractivity contribution in [3.8, 4) is 22.8 Å². The molecule has 0 aliphatic rings. The summed E-state index contributed by atoms with van der Waals surface area (Å²) < 4.78 is 62.0. The Balaban J connectivity index is 1.55. The Morgan fingerprint density at radius 2 is 1.70 bits per heavy atom. The normalized spacial score (nSPS) is 13.2. The summed E-state index contributed by atoms with van der Waals surface area (Å²) in [4.78, 5) is 11.0. The molecule has 2 N–H and O–H groups in total. The van der Waals surface area contributed by atoms with Crippen LogP contribution in [-0.4, -0.2) is 48.7 Å². The highest BCUT2D eigenvalue weighted by Gasteiger charge is 2.35. The van der Waals surface area contributed by atoms with Gasteiger partial charge in [-0.25, -0.2) is 4.79 Å². The van der Waals surface area contributed by atoms with Crippen molar-refractivity contribution in [1.29, 1.82) is 0 Å². The average molecular weight is 523 g/mol. The molecule has 3 aromatic rings. The van der Waals surface area contributed by atoms with E-state index < -0.39 is 29.9 Å². The first-order valence-electron chi connectivity index (χ1n) is 11.7. The quantitative estimate of drug-likeness (QED) is 0.173. The second-order valence-electron chi connectivity index (χ2n) is 8.36. The summed E-state index contributed by atoms with van der Waals surface area (Å²) in [5.74, 6) is 0.0780. The predicted octanol–water partition coefficient (Wildman–Crippen LogP) is 5.52. The summed E-state index contributed by atoms with van der Waals surface area (Å²) in [6.45, 7) is 3.67. The van der Waals surface area contributed by atoms with Gasteiger partial charge in [0.2, 0.25) is 0 Å². The molecule has 1 aromatic heterocycles.